The maximum absolute atomic E-state index is 12.2. The summed E-state index contributed by atoms with van der Waals surface area (Å²) in [6.07, 6.45) is 7.55. The van der Waals surface area contributed by atoms with Gasteiger partial charge in [-0.1, -0.05) is 12.1 Å². The summed E-state index contributed by atoms with van der Waals surface area (Å²) in [7, 11) is -0.531. The molecule has 0 saturated heterocycles. The predicted molar refractivity (Wildman–Crippen MR) is 101 cm³/mol. The monoisotopic (exact) mass is 357 g/mol. The van der Waals surface area contributed by atoms with Crippen molar-refractivity contribution >= 4 is 18.5 Å². The molecule has 140 valence electrons. The van der Waals surface area contributed by atoms with E-state index in [1.165, 1.54) is 38.5 Å². The van der Waals surface area contributed by atoms with Crippen molar-refractivity contribution in [2.24, 2.45) is 17.8 Å². The quantitative estimate of drug-likeness (QED) is 0.390. The Kier molecular flexibility index (Phi) is 5.89. The first kappa shape index (κ1) is 18.0. The molecule has 0 spiro atoms. The lowest BCUT2D eigenvalue weighted by Gasteiger charge is -2.16. The third kappa shape index (κ3) is 5.81. The molecule has 0 aliphatic heterocycles. The number of nitrogens with one attached hydrogen (secondary N) is 3. The summed E-state index contributed by atoms with van der Waals surface area (Å²) in [6, 6.07) is 7.46. The van der Waals surface area contributed by atoms with Crippen LogP contribution in [0.15, 0.2) is 24.3 Å². The van der Waals surface area contributed by atoms with Crippen LogP contribution in [-0.4, -0.2) is 32.7 Å². The number of carbonyl (C=O) groups is 1. The molecule has 3 saturated carbocycles. The van der Waals surface area contributed by atoms with E-state index in [4.69, 9.17) is 9.51 Å². The van der Waals surface area contributed by atoms with E-state index in [0.29, 0.717) is 11.5 Å². The normalized spacial score (nSPS) is 19.4. The van der Waals surface area contributed by atoms with Crippen LogP contribution in [0, 0.1) is 17.8 Å². The Bertz CT molecular complexity index is 583. The Balaban J connectivity index is 1.30. The van der Waals surface area contributed by atoms with Crippen LogP contribution in [0.5, 0.6) is 0 Å². The molecule has 3 aliphatic rings. The van der Waals surface area contributed by atoms with Crippen molar-refractivity contribution in [1.82, 2.24) is 16.3 Å². The van der Waals surface area contributed by atoms with Crippen molar-refractivity contribution < 1.29 is 14.3 Å². The zero-order valence-electron chi connectivity index (χ0n) is 15.2. The van der Waals surface area contributed by atoms with Crippen LogP contribution in [0.25, 0.3) is 0 Å². The first-order chi connectivity index (χ1) is 12.8. The van der Waals surface area contributed by atoms with Gasteiger partial charge >= 0.3 is 7.12 Å². The molecule has 3 N–H and O–H groups in total. The SMILES string of the molecule is O=C(NCC1CC1)c1ccc(B(ONCC2CC2)ONCC2CC2)cc1. The van der Waals surface area contributed by atoms with E-state index < -0.39 is 7.12 Å². The van der Waals surface area contributed by atoms with Crippen LogP contribution in [0.1, 0.15) is 48.9 Å². The van der Waals surface area contributed by atoms with Crippen molar-refractivity contribution in [2.45, 2.75) is 38.5 Å². The zero-order valence-corrected chi connectivity index (χ0v) is 15.2. The van der Waals surface area contributed by atoms with Crippen LogP contribution in [0.3, 0.4) is 0 Å². The molecule has 0 heterocycles. The fourth-order valence-electron chi connectivity index (χ4n) is 2.74. The van der Waals surface area contributed by atoms with E-state index >= 15 is 0 Å². The number of hydrogen-bond acceptors (Lipinski definition) is 5. The lowest BCUT2D eigenvalue weighted by atomic mass is 9.79. The van der Waals surface area contributed by atoms with Crippen LogP contribution in [0.4, 0.5) is 0 Å². The molecule has 0 aromatic heterocycles. The predicted octanol–water partition coefficient (Wildman–Crippen LogP) is 1.38. The molecule has 1 amide bonds. The highest BCUT2D eigenvalue weighted by molar-refractivity contribution is 6.61. The van der Waals surface area contributed by atoms with Crippen LogP contribution >= 0.6 is 0 Å². The van der Waals surface area contributed by atoms with E-state index in [9.17, 15) is 4.79 Å². The molecule has 0 bridgehead atoms. The number of rotatable bonds is 12. The molecule has 26 heavy (non-hydrogen) atoms. The van der Waals surface area contributed by atoms with Gasteiger partial charge in [-0.25, -0.2) is 11.0 Å². The van der Waals surface area contributed by atoms with Gasteiger partial charge in [-0.2, -0.15) is 0 Å². The second-order valence-electron chi connectivity index (χ2n) is 7.93. The summed E-state index contributed by atoms with van der Waals surface area (Å²) in [5.74, 6) is 2.13. The second-order valence-corrected chi connectivity index (χ2v) is 7.93. The summed E-state index contributed by atoms with van der Waals surface area (Å²) >= 11 is 0. The highest BCUT2D eigenvalue weighted by Crippen LogP contribution is 2.28. The van der Waals surface area contributed by atoms with Gasteiger partial charge in [0.25, 0.3) is 5.91 Å². The minimum absolute atomic E-state index is 0.0134. The lowest BCUT2D eigenvalue weighted by molar-refractivity contribution is 0.0909. The number of carbonyl (C=O) groups excluding carboxylic acids is 1. The van der Waals surface area contributed by atoms with Gasteiger partial charge in [0.05, 0.1) is 0 Å². The topological polar surface area (TPSA) is 71.6 Å². The summed E-state index contributed by atoms with van der Waals surface area (Å²) in [6.45, 7) is 2.49. The zero-order chi connectivity index (χ0) is 17.8. The molecule has 0 unspecified atom stereocenters. The summed E-state index contributed by atoms with van der Waals surface area (Å²) in [5.41, 5.74) is 7.62. The Morgan fingerprint density at radius 3 is 1.85 bits per heavy atom. The van der Waals surface area contributed by atoms with Crippen LogP contribution in [0.2, 0.25) is 0 Å². The smallest absolute Gasteiger partial charge is 0.352 e. The standard InChI is InChI=1S/C19H28BN3O3/c24-19(21-11-14-1-2-14)17-7-9-18(10-8-17)20(25-22-12-15-3-4-15)26-23-13-16-5-6-16/h7-10,14-16,22-23H,1-6,11-13H2,(H,21,24). The molecule has 4 rings (SSSR count). The van der Waals surface area contributed by atoms with Crippen molar-refractivity contribution in [3.05, 3.63) is 29.8 Å². The maximum atomic E-state index is 12.2. The largest absolute Gasteiger partial charge is 0.528 e. The Hall–Kier alpha value is -1.41. The van der Waals surface area contributed by atoms with E-state index in [2.05, 4.69) is 16.3 Å². The van der Waals surface area contributed by atoms with Crippen molar-refractivity contribution in [1.29, 1.82) is 0 Å². The van der Waals surface area contributed by atoms with E-state index in [1.807, 2.05) is 24.3 Å². The van der Waals surface area contributed by atoms with Crippen molar-refractivity contribution in [3.8, 4) is 0 Å². The van der Waals surface area contributed by atoms with Gasteiger partial charge in [-0.15, -0.1) is 0 Å². The first-order valence-electron chi connectivity index (χ1n) is 9.93. The van der Waals surface area contributed by atoms with E-state index in [0.717, 1.165) is 36.9 Å². The summed E-state index contributed by atoms with van der Waals surface area (Å²) < 4.78 is 11.5. The molecule has 7 heteroatoms. The molecule has 3 aliphatic carbocycles. The molecular formula is C19H28BN3O3. The Labute approximate surface area is 155 Å². The average molecular weight is 357 g/mol. The number of hydroxylamine groups is 2. The number of benzene rings is 1. The Morgan fingerprint density at radius 2 is 1.35 bits per heavy atom. The number of amides is 1. The second kappa shape index (κ2) is 8.52. The minimum atomic E-state index is -0.531. The van der Waals surface area contributed by atoms with Gasteiger partial charge < -0.3 is 14.8 Å². The lowest BCUT2D eigenvalue weighted by Crippen LogP contribution is -2.45. The summed E-state index contributed by atoms with van der Waals surface area (Å²) in [4.78, 5) is 12.2. The number of hydrogen-bond donors (Lipinski definition) is 3. The molecular weight excluding hydrogens is 329 g/mol. The van der Waals surface area contributed by atoms with E-state index in [-0.39, 0.29) is 5.91 Å². The third-order valence-electron chi connectivity index (χ3n) is 5.21. The average Bonchev–Trinajstić information content (AvgIpc) is 3.50. The molecule has 1 aromatic rings. The van der Waals surface area contributed by atoms with Gasteiger partial charge in [0, 0.05) is 25.2 Å². The van der Waals surface area contributed by atoms with Crippen LogP contribution in [-0.2, 0) is 9.51 Å². The molecule has 0 atom stereocenters. The maximum Gasteiger partial charge on any atom is 0.528 e. The highest BCUT2D eigenvalue weighted by atomic mass is 16.7. The molecule has 6 nitrogen and oxygen atoms in total. The van der Waals surface area contributed by atoms with Crippen molar-refractivity contribution in [2.75, 3.05) is 19.6 Å². The fourth-order valence-corrected chi connectivity index (χ4v) is 2.74. The van der Waals surface area contributed by atoms with Gasteiger partial charge in [0.15, 0.2) is 0 Å². The van der Waals surface area contributed by atoms with Gasteiger partial charge in [0.2, 0.25) is 0 Å². The van der Waals surface area contributed by atoms with Gasteiger partial charge in [-0.05, 0) is 73.9 Å². The highest BCUT2D eigenvalue weighted by Gasteiger charge is 2.28. The molecule has 0 radical (unpaired) electrons. The van der Waals surface area contributed by atoms with E-state index in [1.54, 1.807) is 0 Å². The summed E-state index contributed by atoms with van der Waals surface area (Å²) in [5, 5.41) is 2.99. The molecule has 1 aromatic carbocycles. The van der Waals surface area contributed by atoms with Crippen molar-refractivity contribution in [3.63, 3.8) is 0 Å². The van der Waals surface area contributed by atoms with Crippen LogP contribution < -0.4 is 21.7 Å². The fraction of sp³-hybridized carbons (Fsp3) is 0.632. The first-order valence-corrected chi connectivity index (χ1v) is 9.93. The minimum Gasteiger partial charge on any atom is -0.352 e. The van der Waals surface area contributed by atoms with Gasteiger partial charge in [0.1, 0.15) is 0 Å². The Morgan fingerprint density at radius 1 is 0.846 bits per heavy atom. The van der Waals surface area contributed by atoms with Gasteiger partial charge in [-0.3, -0.25) is 4.79 Å². The molecule has 3 fully saturated rings. The third-order valence-corrected chi connectivity index (χ3v) is 5.21.